The van der Waals surface area contributed by atoms with Gasteiger partial charge in [-0.1, -0.05) is 12.1 Å². The molecule has 1 N–H and O–H groups in total. The van der Waals surface area contributed by atoms with Crippen LogP contribution in [0.5, 0.6) is 0 Å². The smallest absolute Gasteiger partial charge is 0.385 e. The van der Waals surface area contributed by atoms with E-state index in [1.165, 1.54) is 12.1 Å². The lowest BCUT2D eigenvalue weighted by molar-refractivity contribution is -0.424. The van der Waals surface area contributed by atoms with Crippen molar-refractivity contribution in [1.82, 2.24) is 0 Å². The first-order chi connectivity index (χ1) is 13.7. The highest BCUT2D eigenvalue weighted by atomic mass is 19.4. The molecular formula is C18H20F11NO. The second-order valence-corrected chi connectivity index (χ2v) is 7.10. The number of halogens is 11. The number of hydrogen-bond donors (Lipinski definition) is 1. The molecule has 0 aliphatic carbocycles. The maximum absolute atomic E-state index is 14.0. The first-order valence-electron chi connectivity index (χ1n) is 8.85. The third-order valence-corrected chi connectivity index (χ3v) is 4.79. The van der Waals surface area contributed by atoms with Crippen molar-refractivity contribution < 1.29 is 53.4 Å². The van der Waals surface area contributed by atoms with Gasteiger partial charge in [0.15, 0.2) is 0 Å². The monoisotopic (exact) mass is 475 g/mol. The van der Waals surface area contributed by atoms with Gasteiger partial charge in [-0.3, -0.25) is 0 Å². The van der Waals surface area contributed by atoms with Crippen molar-refractivity contribution in [2.45, 2.75) is 62.7 Å². The van der Waals surface area contributed by atoms with Crippen LogP contribution in [0.15, 0.2) is 24.3 Å². The summed E-state index contributed by atoms with van der Waals surface area (Å²) in [6.07, 6.45) is -9.78. The van der Waals surface area contributed by atoms with Gasteiger partial charge in [-0.15, -0.1) is 0 Å². The lowest BCUT2D eigenvalue weighted by Gasteiger charge is -2.39. The molecule has 180 valence electrons. The molecule has 13 heteroatoms. The van der Waals surface area contributed by atoms with Crippen LogP contribution >= 0.6 is 0 Å². The molecule has 0 saturated carbocycles. The van der Waals surface area contributed by atoms with E-state index in [4.69, 9.17) is 0 Å². The Morgan fingerprint density at radius 2 is 1.13 bits per heavy atom. The van der Waals surface area contributed by atoms with Gasteiger partial charge in [0, 0.05) is 18.8 Å². The van der Waals surface area contributed by atoms with Gasteiger partial charge in [0.25, 0.3) is 0 Å². The van der Waals surface area contributed by atoms with Gasteiger partial charge < -0.3 is 10.0 Å². The van der Waals surface area contributed by atoms with Gasteiger partial charge in [-0.25, -0.2) is 0 Å². The van der Waals surface area contributed by atoms with Crippen LogP contribution in [0.4, 0.5) is 54.0 Å². The van der Waals surface area contributed by atoms with Crippen LogP contribution in [-0.2, 0) is 5.60 Å². The molecule has 1 atom stereocenters. The van der Waals surface area contributed by atoms with Gasteiger partial charge in [0.2, 0.25) is 0 Å². The average Bonchev–Trinajstić information content (AvgIpc) is 2.61. The number of aliphatic hydroxyl groups is 1. The van der Waals surface area contributed by atoms with Crippen molar-refractivity contribution >= 4 is 5.69 Å². The number of anilines is 1. The molecule has 1 aromatic rings. The van der Waals surface area contributed by atoms with E-state index in [2.05, 4.69) is 0 Å². The highest BCUT2D eigenvalue weighted by Gasteiger charge is 2.87. The van der Waals surface area contributed by atoms with Crippen LogP contribution in [-0.4, -0.2) is 48.1 Å². The maximum Gasteiger partial charge on any atom is 0.460 e. The Labute approximate surface area is 170 Å². The molecule has 0 spiro atoms. The number of hydrogen-bond acceptors (Lipinski definition) is 2. The highest BCUT2D eigenvalue weighted by molar-refractivity contribution is 5.48. The molecule has 0 fully saturated rings. The van der Waals surface area contributed by atoms with Crippen LogP contribution in [0.25, 0.3) is 0 Å². The predicted octanol–water partition coefficient (Wildman–Crippen LogP) is 6.23. The second kappa shape index (κ2) is 8.28. The lowest BCUT2D eigenvalue weighted by Crippen LogP contribution is -2.67. The van der Waals surface area contributed by atoms with Crippen molar-refractivity contribution in [2.75, 3.05) is 18.0 Å². The summed E-state index contributed by atoms with van der Waals surface area (Å²) in [7, 11) is 0. The fourth-order valence-electron chi connectivity index (χ4n) is 2.87. The zero-order chi connectivity index (χ0) is 24.7. The van der Waals surface area contributed by atoms with Crippen molar-refractivity contribution in [1.29, 1.82) is 0 Å². The summed E-state index contributed by atoms with van der Waals surface area (Å²) in [5, 5.41) is 10.2. The molecule has 1 aromatic carbocycles. The molecule has 0 bridgehead atoms. The minimum Gasteiger partial charge on any atom is -0.385 e. The molecule has 0 radical (unpaired) electrons. The van der Waals surface area contributed by atoms with Crippen LogP contribution in [0.2, 0.25) is 0 Å². The van der Waals surface area contributed by atoms with Crippen LogP contribution < -0.4 is 4.90 Å². The fourth-order valence-corrected chi connectivity index (χ4v) is 2.87. The SMILES string of the molecule is CCN(CC)c1ccc(C(C)(O)CC(F)(F)C(F)(F)C(F)(F)C(F)(F)C(F)(F)F)cc1. The van der Waals surface area contributed by atoms with Gasteiger partial charge in [-0.2, -0.15) is 48.3 Å². The average molecular weight is 475 g/mol. The van der Waals surface area contributed by atoms with Crippen LogP contribution in [0.3, 0.4) is 0 Å². The molecule has 0 aliphatic heterocycles. The normalized spacial score (nSPS) is 16.2. The number of benzene rings is 1. The van der Waals surface area contributed by atoms with E-state index in [9.17, 15) is 53.4 Å². The third-order valence-electron chi connectivity index (χ3n) is 4.79. The predicted molar refractivity (Wildman–Crippen MR) is 90.0 cm³/mol. The van der Waals surface area contributed by atoms with E-state index < -0.39 is 47.5 Å². The Kier molecular flexibility index (Phi) is 7.28. The van der Waals surface area contributed by atoms with E-state index in [1.54, 1.807) is 18.7 Å². The zero-order valence-corrected chi connectivity index (χ0v) is 16.5. The van der Waals surface area contributed by atoms with Crippen LogP contribution in [0.1, 0.15) is 32.8 Å². The second-order valence-electron chi connectivity index (χ2n) is 7.10. The van der Waals surface area contributed by atoms with E-state index >= 15 is 0 Å². The Balaban J connectivity index is 3.29. The number of alkyl halides is 11. The first-order valence-corrected chi connectivity index (χ1v) is 8.85. The van der Waals surface area contributed by atoms with Crippen molar-refractivity contribution in [2.24, 2.45) is 0 Å². The van der Waals surface area contributed by atoms with Gasteiger partial charge in [0.05, 0.1) is 12.0 Å². The molecule has 1 rings (SSSR count). The summed E-state index contributed by atoms with van der Waals surface area (Å²) < 4.78 is 145. The Morgan fingerprint density at radius 1 is 0.710 bits per heavy atom. The minimum absolute atomic E-state index is 0.468. The van der Waals surface area contributed by atoms with Gasteiger partial charge in [0.1, 0.15) is 0 Å². The third kappa shape index (κ3) is 4.70. The molecule has 0 saturated heterocycles. The quantitative estimate of drug-likeness (QED) is 0.428. The summed E-state index contributed by atoms with van der Waals surface area (Å²) >= 11 is 0. The Bertz CT molecular complexity index is 738. The summed E-state index contributed by atoms with van der Waals surface area (Å²) in [5.41, 5.74) is -2.90. The van der Waals surface area contributed by atoms with E-state index in [0.29, 0.717) is 25.7 Å². The van der Waals surface area contributed by atoms with E-state index in [1.807, 2.05) is 0 Å². The van der Waals surface area contributed by atoms with Crippen LogP contribution in [0, 0.1) is 0 Å². The Hall–Kier alpha value is -1.79. The fraction of sp³-hybridized carbons (Fsp3) is 0.667. The largest absolute Gasteiger partial charge is 0.460 e. The summed E-state index contributed by atoms with van der Waals surface area (Å²) in [5.74, 6) is -28.2. The summed E-state index contributed by atoms with van der Waals surface area (Å²) in [6.45, 7) is 5.14. The number of nitrogens with zero attached hydrogens (tertiary/aromatic N) is 1. The Morgan fingerprint density at radius 3 is 1.48 bits per heavy atom. The number of rotatable bonds is 9. The summed E-state index contributed by atoms with van der Waals surface area (Å²) in [6, 6.07) is 4.65. The molecule has 0 amide bonds. The molecular weight excluding hydrogens is 455 g/mol. The van der Waals surface area contributed by atoms with Gasteiger partial charge >= 0.3 is 29.9 Å². The van der Waals surface area contributed by atoms with E-state index in [0.717, 1.165) is 12.1 Å². The standard InChI is InChI=1S/C18H20F11NO/c1-4-30(5-2)12-8-6-11(7-9-12)13(3,31)10-14(19,20)15(21,22)16(23,24)17(25,26)18(27,28)29/h6-9,31H,4-5,10H2,1-3H3. The van der Waals surface area contributed by atoms with Crippen molar-refractivity contribution in [3.8, 4) is 0 Å². The molecule has 1 unspecified atom stereocenters. The molecule has 0 aliphatic rings. The maximum atomic E-state index is 14.0. The zero-order valence-electron chi connectivity index (χ0n) is 16.5. The highest BCUT2D eigenvalue weighted by Crippen LogP contribution is 2.59. The van der Waals surface area contributed by atoms with E-state index in [-0.39, 0.29) is 0 Å². The lowest BCUT2D eigenvalue weighted by atomic mass is 9.85. The molecule has 0 aromatic heterocycles. The van der Waals surface area contributed by atoms with Crippen molar-refractivity contribution in [3.63, 3.8) is 0 Å². The minimum atomic E-state index is -7.50. The molecule has 2 nitrogen and oxygen atoms in total. The molecule has 0 heterocycles. The summed E-state index contributed by atoms with van der Waals surface area (Å²) in [4.78, 5) is 1.78. The topological polar surface area (TPSA) is 23.5 Å². The first kappa shape index (κ1) is 27.2. The van der Waals surface area contributed by atoms with Gasteiger partial charge in [-0.05, 0) is 38.5 Å². The molecule has 31 heavy (non-hydrogen) atoms. The van der Waals surface area contributed by atoms with Crippen molar-refractivity contribution in [3.05, 3.63) is 29.8 Å².